The predicted octanol–water partition coefficient (Wildman–Crippen LogP) is 3.08. The van der Waals surface area contributed by atoms with Gasteiger partial charge in [0.25, 0.3) is 0 Å². The third-order valence-corrected chi connectivity index (χ3v) is 3.24. The lowest BCUT2D eigenvalue weighted by Crippen LogP contribution is -2.44. The Morgan fingerprint density at radius 3 is 2.06 bits per heavy atom. The third kappa shape index (κ3) is 6.06. The normalized spacial score (nSPS) is 13.5. The van der Waals surface area contributed by atoms with Crippen molar-refractivity contribution in [1.82, 2.24) is 4.90 Å². The molecule has 1 atom stereocenters. The molecule has 0 amide bonds. The molecule has 0 aromatic rings. The first-order valence-electron chi connectivity index (χ1n) is 6.78. The Hall–Kier alpha value is -0.570. The molecule has 0 saturated carbocycles. The number of rotatable bonds is 8. The standard InChI is InChI=1S/C14H29NO2/c1-7-13(8-2)15(10-11(3)4)12(5)9-14(16)17-6/h11-13H,7-10H2,1-6H3. The molecule has 102 valence electrons. The van der Waals surface area contributed by atoms with Crippen molar-refractivity contribution < 1.29 is 9.53 Å². The number of ether oxygens (including phenoxy) is 1. The van der Waals surface area contributed by atoms with Crippen molar-refractivity contribution in [3.63, 3.8) is 0 Å². The fourth-order valence-corrected chi connectivity index (χ4v) is 2.31. The predicted molar refractivity (Wildman–Crippen MR) is 72.0 cm³/mol. The molecule has 0 N–H and O–H groups in total. The van der Waals surface area contributed by atoms with Crippen LogP contribution in [0.25, 0.3) is 0 Å². The van der Waals surface area contributed by atoms with Crippen molar-refractivity contribution in [2.24, 2.45) is 5.92 Å². The second-order valence-corrected chi connectivity index (χ2v) is 5.19. The van der Waals surface area contributed by atoms with Crippen LogP contribution in [0.4, 0.5) is 0 Å². The number of esters is 1. The molecule has 0 fully saturated rings. The van der Waals surface area contributed by atoms with E-state index >= 15 is 0 Å². The van der Waals surface area contributed by atoms with Gasteiger partial charge in [0.05, 0.1) is 13.5 Å². The minimum absolute atomic E-state index is 0.114. The number of carbonyl (C=O) groups is 1. The number of carbonyl (C=O) groups excluding carboxylic acids is 1. The van der Waals surface area contributed by atoms with Crippen molar-refractivity contribution in [3.8, 4) is 0 Å². The number of hydrogen-bond donors (Lipinski definition) is 0. The molecule has 0 bridgehead atoms. The maximum absolute atomic E-state index is 11.4. The van der Waals surface area contributed by atoms with Gasteiger partial charge in [-0.25, -0.2) is 0 Å². The zero-order valence-corrected chi connectivity index (χ0v) is 12.3. The van der Waals surface area contributed by atoms with E-state index in [9.17, 15) is 4.79 Å². The molecule has 0 heterocycles. The van der Waals surface area contributed by atoms with Crippen LogP contribution in [0.1, 0.15) is 53.9 Å². The lowest BCUT2D eigenvalue weighted by molar-refractivity contribution is -0.142. The van der Waals surface area contributed by atoms with Crippen LogP contribution in [-0.2, 0) is 9.53 Å². The first-order chi connectivity index (χ1) is 7.96. The maximum Gasteiger partial charge on any atom is 0.307 e. The minimum Gasteiger partial charge on any atom is -0.469 e. The third-order valence-electron chi connectivity index (χ3n) is 3.24. The molecule has 0 aliphatic heterocycles. The van der Waals surface area contributed by atoms with E-state index in [2.05, 4.69) is 39.5 Å². The second-order valence-electron chi connectivity index (χ2n) is 5.19. The summed E-state index contributed by atoms with van der Waals surface area (Å²) in [4.78, 5) is 13.8. The summed E-state index contributed by atoms with van der Waals surface area (Å²) in [6, 6.07) is 0.826. The molecule has 0 radical (unpaired) electrons. The largest absolute Gasteiger partial charge is 0.469 e. The van der Waals surface area contributed by atoms with Gasteiger partial charge in [-0.15, -0.1) is 0 Å². The van der Waals surface area contributed by atoms with E-state index in [1.54, 1.807) is 0 Å². The summed E-state index contributed by atoms with van der Waals surface area (Å²) in [5, 5.41) is 0. The molecular weight excluding hydrogens is 214 g/mol. The van der Waals surface area contributed by atoms with Gasteiger partial charge in [0, 0.05) is 18.6 Å². The van der Waals surface area contributed by atoms with Crippen LogP contribution in [-0.4, -0.2) is 36.6 Å². The van der Waals surface area contributed by atoms with E-state index in [-0.39, 0.29) is 12.0 Å². The Labute approximate surface area is 107 Å². The first-order valence-corrected chi connectivity index (χ1v) is 6.78. The average molecular weight is 243 g/mol. The van der Waals surface area contributed by atoms with Gasteiger partial charge >= 0.3 is 5.97 Å². The van der Waals surface area contributed by atoms with Crippen LogP contribution >= 0.6 is 0 Å². The van der Waals surface area contributed by atoms with Crippen molar-refractivity contribution in [2.45, 2.75) is 66.0 Å². The van der Waals surface area contributed by atoms with Crippen LogP contribution in [0.3, 0.4) is 0 Å². The lowest BCUT2D eigenvalue weighted by atomic mass is 10.0. The molecule has 3 nitrogen and oxygen atoms in total. The topological polar surface area (TPSA) is 29.5 Å². The molecule has 1 unspecified atom stereocenters. The van der Waals surface area contributed by atoms with Crippen LogP contribution in [0.5, 0.6) is 0 Å². The second kappa shape index (κ2) is 8.51. The van der Waals surface area contributed by atoms with Gasteiger partial charge in [0.15, 0.2) is 0 Å². The lowest BCUT2D eigenvalue weighted by Gasteiger charge is -2.36. The molecule has 0 aromatic heterocycles. The zero-order valence-electron chi connectivity index (χ0n) is 12.3. The van der Waals surface area contributed by atoms with Crippen molar-refractivity contribution in [2.75, 3.05) is 13.7 Å². The Morgan fingerprint density at radius 1 is 1.18 bits per heavy atom. The molecule has 0 aliphatic carbocycles. The van der Waals surface area contributed by atoms with E-state index in [1.165, 1.54) is 7.11 Å². The summed E-state index contributed by atoms with van der Waals surface area (Å²) >= 11 is 0. The van der Waals surface area contributed by atoms with E-state index < -0.39 is 0 Å². The summed E-state index contributed by atoms with van der Waals surface area (Å²) in [5.41, 5.74) is 0. The summed E-state index contributed by atoms with van der Waals surface area (Å²) in [6.45, 7) is 12.0. The molecule has 0 spiro atoms. The molecule has 0 rings (SSSR count). The summed E-state index contributed by atoms with van der Waals surface area (Å²) in [5.74, 6) is 0.507. The molecule has 0 saturated heterocycles. The highest BCUT2D eigenvalue weighted by Crippen LogP contribution is 2.17. The molecule has 3 heteroatoms. The highest BCUT2D eigenvalue weighted by Gasteiger charge is 2.23. The molecule has 0 aromatic carbocycles. The quantitative estimate of drug-likeness (QED) is 0.614. The van der Waals surface area contributed by atoms with Gasteiger partial charge < -0.3 is 4.74 Å². The van der Waals surface area contributed by atoms with Gasteiger partial charge in [-0.2, -0.15) is 0 Å². The van der Waals surface area contributed by atoms with Crippen LogP contribution in [0, 0.1) is 5.92 Å². The van der Waals surface area contributed by atoms with Crippen molar-refractivity contribution in [1.29, 1.82) is 0 Å². The van der Waals surface area contributed by atoms with E-state index in [0.29, 0.717) is 18.4 Å². The number of methoxy groups -OCH3 is 1. The van der Waals surface area contributed by atoms with E-state index in [1.807, 2.05) is 0 Å². The monoisotopic (exact) mass is 243 g/mol. The Bertz CT molecular complexity index is 212. The van der Waals surface area contributed by atoms with Gasteiger partial charge in [-0.1, -0.05) is 27.7 Å². The SMILES string of the molecule is CCC(CC)N(CC(C)C)C(C)CC(=O)OC. The highest BCUT2D eigenvalue weighted by molar-refractivity contribution is 5.69. The van der Waals surface area contributed by atoms with Crippen LogP contribution < -0.4 is 0 Å². The van der Waals surface area contributed by atoms with Gasteiger partial charge in [-0.3, -0.25) is 9.69 Å². The molecule has 17 heavy (non-hydrogen) atoms. The van der Waals surface area contributed by atoms with E-state index in [0.717, 1.165) is 19.4 Å². The molecule has 0 aliphatic rings. The number of hydrogen-bond acceptors (Lipinski definition) is 3. The van der Waals surface area contributed by atoms with Gasteiger partial charge in [0.2, 0.25) is 0 Å². The highest BCUT2D eigenvalue weighted by atomic mass is 16.5. The van der Waals surface area contributed by atoms with Gasteiger partial charge in [-0.05, 0) is 25.7 Å². The summed E-state index contributed by atoms with van der Waals surface area (Å²) < 4.78 is 4.76. The minimum atomic E-state index is -0.114. The van der Waals surface area contributed by atoms with Crippen LogP contribution in [0.15, 0.2) is 0 Å². The van der Waals surface area contributed by atoms with Gasteiger partial charge in [0.1, 0.15) is 0 Å². The van der Waals surface area contributed by atoms with Crippen LogP contribution in [0.2, 0.25) is 0 Å². The maximum atomic E-state index is 11.4. The molecular formula is C14H29NO2. The fourth-order valence-electron chi connectivity index (χ4n) is 2.31. The Balaban J connectivity index is 4.59. The van der Waals surface area contributed by atoms with Crippen molar-refractivity contribution in [3.05, 3.63) is 0 Å². The summed E-state index contributed by atoms with van der Waals surface area (Å²) in [7, 11) is 1.46. The first kappa shape index (κ1) is 16.4. The fraction of sp³-hybridized carbons (Fsp3) is 0.929. The summed E-state index contributed by atoms with van der Waals surface area (Å²) in [6.07, 6.45) is 2.75. The smallest absolute Gasteiger partial charge is 0.307 e. The van der Waals surface area contributed by atoms with Crippen molar-refractivity contribution >= 4 is 5.97 Å². The van der Waals surface area contributed by atoms with E-state index in [4.69, 9.17) is 4.74 Å². The Kier molecular flexibility index (Phi) is 8.23. The zero-order chi connectivity index (χ0) is 13.4. The Morgan fingerprint density at radius 2 is 1.71 bits per heavy atom. The number of nitrogens with zero attached hydrogens (tertiary/aromatic N) is 1. The average Bonchev–Trinajstić information content (AvgIpc) is 2.28.